The Morgan fingerprint density at radius 2 is 2.25 bits per heavy atom. The maximum absolute atomic E-state index is 5.20. The van der Waals surface area contributed by atoms with Crippen molar-refractivity contribution in [3.8, 4) is 0 Å². The molecule has 0 atom stereocenters. The van der Waals surface area contributed by atoms with Crippen molar-refractivity contribution in [2.75, 3.05) is 31.7 Å². The summed E-state index contributed by atoms with van der Waals surface area (Å²) in [6, 6.07) is 2.59. The molecule has 0 spiro atoms. The molecule has 20 heavy (non-hydrogen) atoms. The van der Waals surface area contributed by atoms with Gasteiger partial charge in [0.05, 0.1) is 6.61 Å². The summed E-state index contributed by atoms with van der Waals surface area (Å²) < 4.78 is 5.20. The van der Waals surface area contributed by atoms with Crippen molar-refractivity contribution in [2.45, 2.75) is 33.4 Å². The third-order valence-electron chi connectivity index (χ3n) is 3.05. The molecule has 4 nitrogen and oxygen atoms in total. The second kappa shape index (κ2) is 8.72. The number of rotatable bonds is 9. The predicted octanol–water partition coefficient (Wildman–Crippen LogP) is 2.53. The number of nitrogens with one attached hydrogen (secondary N) is 1. The van der Waals surface area contributed by atoms with Gasteiger partial charge in [-0.15, -0.1) is 6.58 Å². The highest BCUT2D eigenvalue weighted by Gasteiger charge is 2.11. The molecule has 0 amide bonds. The van der Waals surface area contributed by atoms with Crippen LogP contribution in [0.25, 0.3) is 0 Å². The lowest BCUT2D eigenvalue weighted by Gasteiger charge is -2.26. The summed E-state index contributed by atoms with van der Waals surface area (Å²) in [6.45, 7) is 13.3. The summed E-state index contributed by atoms with van der Waals surface area (Å²) in [7, 11) is 1.73. The van der Waals surface area contributed by atoms with Gasteiger partial charge in [0.1, 0.15) is 0 Å². The van der Waals surface area contributed by atoms with Crippen molar-refractivity contribution < 1.29 is 4.74 Å². The van der Waals surface area contributed by atoms with E-state index in [2.05, 4.69) is 41.7 Å². The molecule has 0 aliphatic heterocycles. The smallest absolute Gasteiger partial charge is 0.0637 e. The van der Waals surface area contributed by atoms with Gasteiger partial charge in [0.25, 0.3) is 0 Å². The molecule has 112 valence electrons. The fourth-order valence-corrected chi connectivity index (χ4v) is 1.99. The Morgan fingerprint density at radius 1 is 1.50 bits per heavy atom. The molecule has 0 radical (unpaired) electrons. The summed E-state index contributed by atoms with van der Waals surface area (Å²) in [4.78, 5) is 6.70. The summed E-state index contributed by atoms with van der Waals surface area (Å²) in [5.74, 6) is 0. The Balaban J connectivity index is 2.96. The molecule has 1 heterocycles. The van der Waals surface area contributed by atoms with Crippen LogP contribution >= 0.6 is 0 Å². The maximum Gasteiger partial charge on any atom is 0.0637 e. The van der Waals surface area contributed by atoms with Crippen LogP contribution in [-0.4, -0.2) is 37.8 Å². The highest BCUT2D eigenvalue weighted by molar-refractivity contribution is 5.54. The van der Waals surface area contributed by atoms with Crippen molar-refractivity contribution in [2.24, 2.45) is 0 Å². The number of aryl methyl sites for hydroxylation is 1. The molecule has 1 N–H and O–H groups in total. The maximum atomic E-state index is 5.20. The molecule has 0 bridgehead atoms. The van der Waals surface area contributed by atoms with E-state index in [1.807, 2.05) is 19.2 Å². The van der Waals surface area contributed by atoms with Crippen LogP contribution in [0.2, 0.25) is 0 Å². The minimum absolute atomic E-state index is 0.455. The van der Waals surface area contributed by atoms with Gasteiger partial charge in [0.2, 0.25) is 0 Å². The molecule has 1 rings (SSSR count). The third kappa shape index (κ3) is 5.31. The summed E-state index contributed by atoms with van der Waals surface area (Å²) in [5, 5.41) is 3.45. The zero-order valence-corrected chi connectivity index (χ0v) is 13.1. The van der Waals surface area contributed by atoms with Crippen LogP contribution in [0.1, 0.15) is 25.1 Å². The number of hydrogen-bond donors (Lipinski definition) is 1. The first-order valence-corrected chi connectivity index (χ1v) is 7.12. The monoisotopic (exact) mass is 277 g/mol. The van der Waals surface area contributed by atoms with Gasteiger partial charge >= 0.3 is 0 Å². The number of pyridine rings is 1. The Hall–Kier alpha value is -1.39. The van der Waals surface area contributed by atoms with Gasteiger partial charge in [0, 0.05) is 55.9 Å². The summed E-state index contributed by atoms with van der Waals surface area (Å²) in [5.41, 5.74) is 3.45. The van der Waals surface area contributed by atoms with Crippen molar-refractivity contribution in [1.82, 2.24) is 10.3 Å². The van der Waals surface area contributed by atoms with Crippen molar-refractivity contribution in [1.29, 1.82) is 0 Å². The Kier molecular flexibility index (Phi) is 7.26. The van der Waals surface area contributed by atoms with Gasteiger partial charge in [0.15, 0.2) is 0 Å². The minimum atomic E-state index is 0.455. The molecular weight excluding hydrogens is 250 g/mol. The van der Waals surface area contributed by atoms with Crippen LogP contribution in [0, 0.1) is 6.92 Å². The number of ether oxygens (including phenoxy) is 1. The van der Waals surface area contributed by atoms with E-state index in [0.717, 1.165) is 25.3 Å². The van der Waals surface area contributed by atoms with Crippen LogP contribution in [0.3, 0.4) is 0 Å². The molecule has 0 fully saturated rings. The highest BCUT2D eigenvalue weighted by atomic mass is 16.5. The van der Waals surface area contributed by atoms with E-state index < -0.39 is 0 Å². The van der Waals surface area contributed by atoms with Gasteiger partial charge in [-0.1, -0.05) is 19.9 Å². The van der Waals surface area contributed by atoms with Crippen LogP contribution in [0.15, 0.2) is 24.9 Å². The van der Waals surface area contributed by atoms with Gasteiger partial charge in [-0.3, -0.25) is 4.98 Å². The first kappa shape index (κ1) is 16.7. The van der Waals surface area contributed by atoms with Crippen LogP contribution in [0.5, 0.6) is 0 Å². The SMILES string of the molecule is C=CCN(CCOC)c1cc(C)ncc1CNC(C)C. The van der Waals surface area contributed by atoms with Gasteiger partial charge in [-0.05, 0) is 13.0 Å². The van der Waals surface area contributed by atoms with E-state index in [9.17, 15) is 0 Å². The van der Waals surface area contributed by atoms with Gasteiger partial charge in [-0.2, -0.15) is 0 Å². The van der Waals surface area contributed by atoms with Crippen molar-refractivity contribution in [3.05, 3.63) is 36.2 Å². The largest absolute Gasteiger partial charge is 0.383 e. The molecular formula is C16H27N3O. The van der Waals surface area contributed by atoms with E-state index in [4.69, 9.17) is 4.74 Å². The Morgan fingerprint density at radius 3 is 2.85 bits per heavy atom. The molecule has 0 aliphatic rings. The number of hydrogen-bond acceptors (Lipinski definition) is 4. The lowest BCUT2D eigenvalue weighted by atomic mass is 10.1. The van der Waals surface area contributed by atoms with Crippen LogP contribution in [-0.2, 0) is 11.3 Å². The minimum Gasteiger partial charge on any atom is -0.383 e. The normalized spacial score (nSPS) is 10.8. The molecule has 0 aromatic carbocycles. The average molecular weight is 277 g/mol. The zero-order chi connectivity index (χ0) is 15.0. The van der Waals surface area contributed by atoms with Crippen molar-refractivity contribution in [3.63, 3.8) is 0 Å². The van der Waals surface area contributed by atoms with E-state index in [1.54, 1.807) is 7.11 Å². The molecule has 0 saturated heterocycles. The van der Waals surface area contributed by atoms with Gasteiger partial charge in [-0.25, -0.2) is 0 Å². The second-order valence-corrected chi connectivity index (χ2v) is 5.22. The average Bonchev–Trinajstić information content (AvgIpc) is 2.42. The quantitative estimate of drug-likeness (QED) is 0.704. The van der Waals surface area contributed by atoms with Crippen LogP contribution < -0.4 is 10.2 Å². The van der Waals surface area contributed by atoms with E-state index in [0.29, 0.717) is 12.6 Å². The first-order chi connectivity index (χ1) is 9.58. The van der Waals surface area contributed by atoms with E-state index in [-0.39, 0.29) is 0 Å². The van der Waals surface area contributed by atoms with Gasteiger partial charge < -0.3 is 15.0 Å². The molecule has 0 unspecified atom stereocenters. The van der Waals surface area contributed by atoms with Crippen LogP contribution in [0.4, 0.5) is 5.69 Å². The molecule has 1 aromatic heterocycles. The molecule has 0 aliphatic carbocycles. The Labute approximate surface area is 122 Å². The topological polar surface area (TPSA) is 37.4 Å². The zero-order valence-electron chi connectivity index (χ0n) is 13.1. The van der Waals surface area contributed by atoms with E-state index >= 15 is 0 Å². The predicted molar refractivity (Wildman–Crippen MR) is 85.2 cm³/mol. The first-order valence-electron chi connectivity index (χ1n) is 7.12. The summed E-state index contributed by atoms with van der Waals surface area (Å²) in [6.07, 6.45) is 3.88. The fraction of sp³-hybridized carbons (Fsp3) is 0.562. The Bertz CT molecular complexity index is 418. The second-order valence-electron chi connectivity index (χ2n) is 5.22. The number of nitrogens with zero attached hydrogens (tertiary/aromatic N) is 2. The molecule has 1 aromatic rings. The number of methoxy groups -OCH3 is 1. The highest BCUT2D eigenvalue weighted by Crippen LogP contribution is 2.21. The van der Waals surface area contributed by atoms with E-state index in [1.165, 1.54) is 11.3 Å². The fourth-order valence-electron chi connectivity index (χ4n) is 1.99. The van der Waals surface area contributed by atoms with Crippen molar-refractivity contribution >= 4 is 5.69 Å². The third-order valence-corrected chi connectivity index (χ3v) is 3.05. The number of aromatic nitrogens is 1. The standard InChI is InChI=1S/C16H27N3O/c1-6-7-19(8-9-20-5)16-10-14(4)18-12-15(16)11-17-13(2)3/h6,10,12-13,17H,1,7-9,11H2,2-5H3. The summed E-state index contributed by atoms with van der Waals surface area (Å²) >= 11 is 0. The molecule has 0 saturated carbocycles. The number of anilines is 1. The lowest BCUT2D eigenvalue weighted by Crippen LogP contribution is -2.30. The molecule has 4 heteroatoms. The lowest BCUT2D eigenvalue weighted by molar-refractivity contribution is 0.205.